The van der Waals surface area contributed by atoms with Gasteiger partial charge in [-0.25, -0.2) is 8.42 Å². The molecule has 1 atom stereocenters. The molecule has 0 aromatic rings. The second-order valence-electron chi connectivity index (χ2n) is 4.70. The van der Waals surface area contributed by atoms with E-state index >= 15 is 0 Å². The van der Waals surface area contributed by atoms with Crippen LogP contribution < -0.4 is 0 Å². The lowest BCUT2D eigenvalue weighted by Gasteiger charge is -2.41. The summed E-state index contributed by atoms with van der Waals surface area (Å²) >= 11 is 0. The molecule has 94 valence electrons. The highest BCUT2D eigenvalue weighted by Gasteiger charge is 2.47. The first kappa shape index (κ1) is 13.4. The molecule has 1 unspecified atom stereocenters. The van der Waals surface area contributed by atoms with Crippen molar-refractivity contribution in [3.8, 4) is 0 Å². The van der Waals surface area contributed by atoms with Gasteiger partial charge in [0.1, 0.15) is 5.54 Å². The van der Waals surface area contributed by atoms with E-state index < -0.39 is 26.8 Å². The highest BCUT2D eigenvalue weighted by Crippen LogP contribution is 2.32. The van der Waals surface area contributed by atoms with Gasteiger partial charge in [0.15, 0.2) is 0 Å². The van der Waals surface area contributed by atoms with Crippen molar-refractivity contribution in [1.29, 1.82) is 0 Å². The number of carbonyl (C=O) groups is 1. The van der Waals surface area contributed by atoms with Crippen molar-refractivity contribution in [3.05, 3.63) is 0 Å². The molecule has 1 aliphatic heterocycles. The number of piperidine rings is 1. The fourth-order valence-electron chi connectivity index (χ4n) is 1.97. The Morgan fingerprint density at radius 1 is 1.38 bits per heavy atom. The minimum Gasteiger partial charge on any atom is -0.480 e. The maximum Gasteiger partial charge on any atom is 0.324 e. The molecule has 0 spiro atoms. The van der Waals surface area contributed by atoms with E-state index in [9.17, 15) is 18.3 Å². The minimum absolute atomic E-state index is 0.309. The number of carboxylic acids is 1. The number of hydrogen-bond donors (Lipinski definition) is 1. The fourth-order valence-corrected chi connectivity index (χ4v) is 3.60. The molecule has 0 saturated carbocycles. The number of sulfonamides is 1. The van der Waals surface area contributed by atoms with Gasteiger partial charge in [0.2, 0.25) is 10.0 Å². The van der Waals surface area contributed by atoms with Crippen LogP contribution in [0.5, 0.6) is 0 Å². The Kier molecular flexibility index (Phi) is 3.64. The maximum absolute atomic E-state index is 12.1. The summed E-state index contributed by atoms with van der Waals surface area (Å²) < 4.78 is 25.3. The van der Waals surface area contributed by atoms with Gasteiger partial charge in [-0.3, -0.25) is 4.79 Å². The summed E-state index contributed by atoms with van der Waals surface area (Å²) in [6.45, 7) is 4.95. The van der Waals surface area contributed by atoms with Crippen LogP contribution >= 0.6 is 0 Å². The average Bonchev–Trinajstić information content (AvgIpc) is 2.17. The fraction of sp³-hybridized carbons (Fsp3) is 0.900. The first-order valence-corrected chi connectivity index (χ1v) is 6.98. The summed E-state index contributed by atoms with van der Waals surface area (Å²) in [5, 5.41) is 8.63. The zero-order valence-electron chi connectivity index (χ0n) is 9.93. The predicted octanol–water partition coefficient (Wildman–Crippen LogP) is 1.05. The maximum atomic E-state index is 12.1. The minimum atomic E-state index is -3.50. The van der Waals surface area contributed by atoms with Gasteiger partial charge < -0.3 is 5.11 Å². The Hall–Kier alpha value is -0.620. The monoisotopic (exact) mass is 249 g/mol. The highest BCUT2D eigenvalue weighted by molar-refractivity contribution is 7.89. The molecule has 5 nitrogen and oxygen atoms in total. The Bertz CT molecular complexity index is 376. The molecular formula is C10H19NO4S. The molecule has 1 rings (SSSR count). The van der Waals surface area contributed by atoms with Crippen LogP contribution in [0.3, 0.4) is 0 Å². The normalized spacial score (nSPS) is 28.2. The van der Waals surface area contributed by atoms with Crippen LogP contribution in [-0.4, -0.2) is 41.1 Å². The molecule has 0 aromatic carbocycles. The van der Waals surface area contributed by atoms with E-state index in [4.69, 9.17) is 0 Å². The molecule has 0 aliphatic carbocycles. The van der Waals surface area contributed by atoms with Gasteiger partial charge >= 0.3 is 5.97 Å². The molecule has 0 bridgehead atoms. The lowest BCUT2D eigenvalue weighted by molar-refractivity contribution is -0.149. The SMILES string of the molecule is CC(C)S(=O)(=O)N1CCCCC1(C)C(=O)O. The molecule has 0 amide bonds. The largest absolute Gasteiger partial charge is 0.480 e. The quantitative estimate of drug-likeness (QED) is 0.811. The Labute approximate surface area is 96.5 Å². The molecule has 0 radical (unpaired) electrons. The number of hydrogen-bond acceptors (Lipinski definition) is 3. The summed E-state index contributed by atoms with van der Waals surface area (Å²) in [5.41, 5.74) is -1.28. The van der Waals surface area contributed by atoms with Gasteiger partial charge in [0.25, 0.3) is 0 Å². The smallest absolute Gasteiger partial charge is 0.324 e. The third-order valence-electron chi connectivity index (χ3n) is 3.19. The van der Waals surface area contributed by atoms with Gasteiger partial charge in [0, 0.05) is 6.54 Å². The predicted molar refractivity (Wildman–Crippen MR) is 60.7 cm³/mol. The molecule has 1 aliphatic rings. The number of nitrogens with zero attached hydrogens (tertiary/aromatic N) is 1. The van der Waals surface area contributed by atoms with Crippen molar-refractivity contribution in [2.75, 3.05) is 6.54 Å². The third-order valence-corrected chi connectivity index (χ3v) is 5.58. The van der Waals surface area contributed by atoms with Crippen molar-refractivity contribution in [2.45, 2.75) is 50.8 Å². The van der Waals surface area contributed by atoms with Gasteiger partial charge in [-0.15, -0.1) is 0 Å². The molecular weight excluding hydrogens is 230 g/mol. The van der Waals surface area contributed by atoms with E-state index in [0.717, 1.165) is 17.1 Å². The van der Waals surface area contributed by atoms with E-state index in [0.29, 0.717) is 13.0 Å². The van der Waals surface area contributed by atoms with E-state index in [1.54, 1.807) is 13.8 Å². The lowest BCUT2D eigenvalue weighted by Crippen LogP contribution is -2.58. The van der Waals surface area contributed by atoms with Crippen molar-refractivity contribution < 1.29 is 18.3 Å². The summed E-state index contributed by atoms with van der Waals surface area (Å²) in [6, 6.07) is 0. The third kappa shape index (κ3) is 2.08. The van der Waals surface area contributed by atoms with Crippen LogP contribution in [0.1, 0.15) is 40.0 Å². The van der Waals surface area contributed by atoms with Crippen molar-refractivity contribution in [2.24, 2.45) is 0 Å². The molecule has 16 heavy (non-hydrogen) atoms. The second kappa shape index (κ2) is 4.33. The van der Waals surface area contributed by atoms with Crippen LogP contribution in [0.25, 0.3) is 0 Å². The first-order chi connectivity index (χ1) is 7.23. The van der Waals surface area contributed by atoms with Gasteiger partial charge in [-0.05, 0) is 40.0 Å². The van der Waals surface area contributed by atoms with Gasteiger partial charge in [-0.1, -0.05) is 0 Å². The molecule has 1 fully saturated rings. The molecule has 0 aromatic heterocycles. The Morgan fingerprint density at radius 2 is 1.94 bits per heavy atom. The Balaban J connectivity index is 3.14. The van der Waals surface area contributed by atoms with Gasteiger partial charge in [-0.2, -0.15) is 4.31 Å². The highest BCUT2D eigenvalue weighted by atomic mass is 32.2. The van der Waals surface area contributed by atoms with Crippen LogP contribution in [0.2, 0.25) is 0 Å². The second-order valence-corrected chi connectivity index (χ2v) is 7.12. The zero-order chi connectivity index (χ0) is 12.6. The molecule has 6 heteroatoms. The molecule has 1 N–H and O–H groups in total. The number of carboxylic acid groups (broad SMARTS) is 1. The topological polar surface area (TPSA) is 74.7 Å². The lowest BCUT2D eigenvalue weighted by atomic mass is 9.91. The van der Waals surface area contributed by atoms with Crippen LogP contribution in [0.15, 0.2) is 0 Å². The summed E-state index contributed by atoms with van der Waals surface area (Å²) in [4.78, 5) is 11.2. The number of rotatable bonds is 3. The molecule has 1 heterocycles. The van der Waals surface area contributed by atoms with Crippen LogP contribution in [0.4, 0.5) is 0 Å². The number of aliphatic carboxylic acids is 1. The summed E-state index contributed by atoms with van der Waals surface area (Å²) in [7, 11) is -3.50. The van der Waals surface area contributed by atoms with E-state index in [2.05, 4.69) is 0 Å². The van der Waals surface area contributed by atoms with Crippen molar-refractivity contribution in [3.63, 3.8) is 0 Å². The van der Waals surface area contributed by atoms with E-state index in [1.165, 1.54) is 6.92 Å². The molecule has 1 saturated heterocycles. The summed E-state index contributed by atoms with van der Waals surface area (Å²) in [6.07, 6.45) is 1.87. The Morgan fingerprint density at radius 3 is 2.38 bits per heavy atom. The standard InChI is InChI=1S/C10H19NO4S/c1-8(2)16(14,15)11-7-5-4-6-10(11,3)9(12)13/h8H,4-7H2,1-3H3,(H,12,13). The van der Waals surface area contributed by atoms with Crippen molar-refractivity contribution in [1.82, 2.24) is 4.31 Å². The van der Waals surface area contributed by atoms with E-state index in [-0.39, 0.29) is 0 Å². The van der Waals surface area contributed by atoms with Gasteiger partial charge in [0.05, 0.1) is 5.25 Å². The van der Waals surface area contributed by atoms with Crippen LogP contribution in [-0.2, 0) is 14.8 Å². The zero-order valence-corrected chi connectivity index (χ0v) is 10.7. The van der Waals surface area contributed by atoms with E-state index in [1.807, 2.05) is 0 Å². The van der Waals surface area contributed by atoms with Crippen molar-refractivity contribution >= 4 is 16.0 Å². The summed E-state index contributed by atoms with van der Waals surface area (Å²) in [5.74, 6) is -1.06. The average molecular weight is 249 g/mol. The van der Waals surface area contributed by atoms with Crippen LogP contribution in [0, 0.1) is 0 Å². The first-order valence-electron chi connectivity index (χ1n) is 5.48.